The molecule has 152 valence electrons. The molecule has 6 nitrogen and oxygen atoms in total. The lowest BCUT2D eigenvalue weighted by atomic mass is 9.88. The molecule has 2 aliphatic rings. The van der Waals surface area contributed by atoms with E-state index in [4.69, 9.17) is 0 Å². The Hall–Kier alpha value is -2.89. The molecule has 4 rings (SSSR count). The van der Waals surface area contributed by atoms with Crippen LogP contribution in [0.2, 0.25) is 0 Å². The topological polar surface area (TPSA) is 66.7 Å². The van der Waals surface area contributed by atoms with Crippen molar-refractivity contribution in [3.05, 3.63) is 70.3 Å². The van der Waals surface area contributed by atoms with Gasteiger partial charge in [0.15, 0.2) is 0 Å². The smallest absolute Gasteiger partial charge is 0.269 e. The summed E-state index contributed by atoms with van der Waals surface area (Å²) in [4.78, 5) is 27.7. The molecule has 2 aromatic rings. The molecule has 0 atom stereocenters. The molecule has 0 saturated carbocycles. The highest BCUT2D eigenvalue weighted by Crippen LogP contribution is 2.31. The second-order valence-corrected chi connectivity index (χ2v) is 8.05. The number of piperidine rings is 2. The standard InChI is InChI=1S/C23H27N3O3/c27-23(25-16-10-19(11-17-25)18-4-2-1-3-5-18)20-12-14-24(15-13-20)21-6-8-22(9-7-21)26(28)29/h1-9,19-20H,10-17H2. The Balaban J connectivity index is 1.28. The maximum absolute atomic E-state index is 13.0. The van der Waals surface area contributed by atoms with Gasteiger partial charge in [-0.25, -0.2) is 0 Å². The van der Waals surface area contributed by atoms with Gasteiger partial charge >= 0.3 is 0 Å². The third-order valence-corrected chi connectivity index (χ3v) is 6.35. The molecule has 0 bridgehead atoms. The minimum absolute atomic E-state index is 0.0950. The fourth-order valence-corrected chi connectivity index (χ4v) is 4.59. The van der Waals surface area contributed by atoms with Crippen molar-refractivity contribution in [2.24, 2.45) is 5.92 Å². The molecular weight excluding hydrogens is 366 g/mol. The summed E-state index contributed by atoms with van der Waals surface area (Å²) in [5.41, 5.74) is 2.49. The van der Waals surface area contributed by atoms with Crippen molar-refractivity contribution in [3.63, 3.8) is 0 Å². The number of carbonyl (C=O) groups is 1. The predicted molar refractivity (Wildman–Crippen MR) is 113 cm³/mol. The molecule has 2 aliphatic heterocycles. The van der Waals surface area contributed by atoms with Gasteiger partial charge < -0.3 is 9.80 Å². The van der Waals surface area contributed by atoms with Crippen LogP contribution in [0.1, 0.15) is 37.2 Å². The number of nitrogens with zero attached hydrogens (tertiary/aromatic N) is 3. The van der Waals surface area contributed by atoms with Crippen LogP contribution in [0.25, 0.3) is 0 Å². The number of nitro benzene ring substituents is 1. The Morgan fingerprint density at radius 1 is 0.862 bits per heavy atom. The lowest BCUT2D eigenvalue weighted by Crippen LogP contribution is -2.45. The third kappa shape index (κ3) is 4.42. The zero-order valence-corrected chi connectivity index (χ0v) is 16.6. The lowest BCUT2D eigenvalue weighted by Gasteiger charge is -2.38. The summed E-state index contributed by atoms with van der Waals surface area (Å²) in [5.74, 6) is 0.960. The largest absolute Gasteiger partial charge is 0.371 e. The highest BCUT2D eigenvalue weighted by molar-refractivity contribution is 5.79. The number of carbonyl (C=O) groups excluding carboxylic acids is 1. The molecule has 0 aromatic heterocycles. The zero-order valence-electron chi connectivity index (χ0n) is 16.6. The van der Waals surface area contributed by atoms with Crippen molar-refractivity contribution in [2.75, 3.05) is 31.1 Å². The van der Waals surface area contributed by atoms with Gasteiger partial charge in [-0.3, -0.25) is 14.9 Å². The van der Waals surface area contributed by atoms with Crippen LogP contribution in [-0.4, -0.2) is 41.9 Å². The van der Waals surface area contributed by atoms with E-state index in [0.29, 0.717) is 11.8 Å². The highest BCUT2D eigenvalue weighted by Gasteiger charge is 2.31. The van der Waals surface area contributed by atoms with Gasteiger partial charge in [0.25, 0.3) is 5.69 Å². The molecule has 0 unspecified atom stereocenters. The minimum atomic E-state index is -0.379. The van der Waals surface area contributed by atoms with Crippen molar-refractivity contribution < 1.29 is 9.72 Å². The normalized spacial score (nSPS) is 18.6. The van der Waals surface area contributed by atoms with Gasteiger partial charge in [0.05, 0.1) is 4.92 Å². The first-order chi connectivity index (χ1) is 14.1. The fraction of sp³-hybridized carbons (Fsp3) is 0.435. The lowest BCUT2D eigenvalue weighted by molar-refractivity contribution is -0.384. The number of hydrogen-bond donors (Lipinski definition) is 0. The highest BCUT2D eigenvalue weighted by atomic mass is 16.6. The van der Waals surface area contributed by atoms with Crippen LogP contribution in [0.3, 0.4) is 0 Å². The van der Waals surface area contributed by atoms with Gasteiger partial charge in [-0.15, -0.1) is 0 Å². The summed E-state index contributed by atoms with van der Waals surface area (Å²) in [6.45, 7) is 3.32. The summed E-state index contributed by atoms with van der Waals surface area (Å²) in [6, 6.07) is 17.3. The van der Waals surface area contributed by atoms with Crippen molar-refractivity contribution in [3.8, 4) is 0 Å². The number of non-ortho nitro benzene ring substituents is 1. The summed E-state index contributed by atoms with van der Waals surface area (Å²) < 4.78 is 0. The average Bonchev–Trinajstić information content (AvgIpc) is 2.79. The number of rotatable bonds is 4. The SMILES string of the molecule is O=C(C1CCN(c2ccc([N+](=O)[O-])cc2)CC1)N1CCC(c2ccccc2)CC1. The van der Waals surface area contributed by atoms with E-state index >= 15 is 0 Å². The van der Waals surface area contributed by atoms with Crippen molar-refractivity contribution in [1.29, 1.82) is 0 Å². The quantitative estimate of drug-likeness (QED) is 0.576. The molecule has 0 radical (unpaired) electrons. The van der Waals surface area contributed by atoms with E-state index in [0.717, 1.165) is 57.5 Å². The first-order valence-corrected chi connectivity index (χ1v) is 10.4. The molecule has 0 aliphatic carbocycles. The van der Waals surface area contributed by atoms with E-state index in [9.17, 15) is 14.9 Å². The second kappa shape index (κ2) is 8.64. The van der Waals surface area contributed by atoms with E-state index in [1.165, 1.54) is 5.56 Å². The Kier molecular flexibility index (Phi) is 5.79. The molecule has 6 heteroatoms. The summed E-state index contributed by atoms with van der Waals surface area (Å²) >= 11 is 0. The maximum atomic E-state index is 13.0. The van der Waals surface area contributed by atoms with Gasteiger partial charge in [-0.05, 0) is 49.3 Å². The molecular formula is C23H27N3O3. The molecule has 1 amide bonds. The monoisotopic (exact) mass is 393 g/mol. The molecule has 2 saturated heterocycles. The van der Waals surface area contributed by atoms with Crippen molar-refractivity contribution in [2.45, 2.75) is 31.6 Å². The molecule has 0 N–H and O–H groups in total. The van der Waals surface area contributed by atoms with Crippen molar-refractivity contribution >= 4 is 17.3 Å². The Morgan fingerprint density at radius 3 is 2.07 bits per heavy atom. The maximum Gasteiger partial charge on any atom is 0.269 e. The van der Waals surface area contributed by atoms with Gasteiger partial charge in [-0.1, -0.05) is 30.3 Å². The number of likely N-dealkylation sites (tertiary alicyclic amines) is 1. The Morgan fingerprint density at radius 2 is 1.48 bits per heavy atom. The summed E-state index contributed by atoms with van der Waals surface area (Å²) in [5, 5.41) is 10.8. The van der Waals surface area contributed by atoms with Crippen LogP contribution < -0.4 is 4.90 Å². The van der Waals surface area contributed by atoms with Crippen LogP contribution in [0, 0.1) is 16.0 Å². The van der Waals surface area contributed by atoms with E-state index in [2.05, 4.69) is 34.1 Å². The van der Waals surface area contributed by atoms with E-state index in [1.54, 1.807) is 24.3 Å². The Bertz CT molecular complexity index is 837. The number of hydrogen-bond acceptors (Lipinski definition) is 4. The van der Waals surface area contributed by atoms with Crippen LogP contribution in [0.15, 0.2) is 54.6 Å². The van der Waals surface area contributed by atoms with Crippen LogP contribution >= 0.6 is 0 Å². The Labute approximate surface area is 171 Å². The number of nitro groups is 1. The van der Waals surface area contributed by atoms with Crippen LogP contribution in [-0.2, 0) is 4.79 Å². The van der Waals surface area contributed by atoms with Crippen LogP contribution in [0.5, 0.6) is 0 Å². The van der Waals surface area contributed by atoms with Crippen molar-refractivity contribution in [1.82, 2.24) is 4.90 Å². The summed E-state index contributed by atoms with van der Waals surface area (Å²) in [6.07, 6.45) is 3.76. The first-order valence-electron chi connectivity index (χ1n) is 10.4. The molecule has 29 heavy (non-hydrogen) atoms. The average molecular weight is 393 g/mol. The van der Waals surface area contributed by atoms with E-state index in [1.807, 2.05) is 6.07 Å². The zero-order chi connectivity index (χ0) is 20.2. The number of amides is 1. The fourth-order valence-electron chi connectivity index (χ4n) is 4.59. The molecule has 2 heterocycles. The van der Waals surface area contributed by atoms with Crippen LogP contribution in [0.4, 0.5) is 11.4 Å². The summed E-state index contributed by atoms with van der Waals surface area (Å²) in [7, 11) is 0. The first kappa shape index (κ1) is 19.4. The van der Waals surface area contributed by atoms with Gasteiger partial charge in [0.1, 0.15) is 0 Å². The van der Waals surface area contributed by atoms with Gasteiger partial charge in [-0.2, -0.15) is 0 Å². The molecule has 2 aromatic carbocycles. The molecule has 0 spiro atoms. The molecule has 2 fully saturated rings. The predicted octanol–water partition coefficient (Wildman–Crippen LogP) is 4.22. The minimum Gasteiger partial charge on any atom is -0.371 e. The third-order valence-electron chi connectivity index (χ3n) is 6.35. The second-order valence-electron chi connectivity index (χ2n) is 8.05. The van der Waals surface area contributed by atoms with Gasteiger partial charge in [0.2, 0.25) is 5.91 Å². The number of anilines is 1. The van der Waals surface area contributed by atoms with Gasteiger partial charge in [0, 0.05) is 49.9 Å². The van der Waals surface area contributed by atoms with E-state index in [-0.39, 0.29) is 16.5 Å². The van der Waals surface area contributed by atoms with E-state index < -0.39 is 0 Å². The number of benzene rings is 2.